The topological polar surface area (TPSA) is 42.2 Å². The van der Waals surface area contributed by atoms with Gasteiger partial charge in [-0.1, -0.05) is 17.7 Å². The normalized spacial score (nSPS) is 17.7. The van der Waals surface area contributed by atoms with Gasteiger partial charge in [-0.2, -0.15) is 5.26 Å². The second-order valence-corrected chi connectivity index (χ2v) is 3.94. The molecular weight excluding hydrogens is 214 g/mol. The monoisotopic (exact) mass is 223 g/mol. The van der Waals surface area contributed by atoms with E-state index in [1.54, 1.807) is 19.2 Å². The molecule has 3 nitrogen and oxygen atoms in total. The number of rotatable bonds is 2. The van der Waals surface area contributed by atoms with Crippen LogP contribution < -0.4 is 4.74 Å². The van der Waals surface area contributed by atoms with Gasteiger partial charge in [0.1, 0.15) is 11.2 Å². The van der Waals surface area contributed by atoms with Crippen molar-refractivity contribution in [2.75, 3.05) is 20.3 Å². The van der Waals surface area contributed by atoms with Crippen molar-refractivity contribution in [1.29, 1.82) is 5.26 Å². The lowest BCUT2D eigenvalue weighted by Crippen LogP contribution is -2.45. The average Bonchev–Trinajstić information content (AvgIpc) is 2.17. The molecule has 1 saturated heterocycles. The van der Waals surface area contributed by atoms with Gasteiger partial charge in [-0.15, -0.1) is 0 Å². The van der Waals surface area contributed by atoms with E-state index in [1.807, 2.05) is 6.07 Å². The molecule has 2 rings (SSSR count). The van der Waals surface area contributed by atoms with Gasteiger partial charge in [-0.05, 0) is 17.7 Å². The first-order valence-electron chi connectivity index (χ1n) is 4.55. The molecule has 0 unspecified atom stereocenters. The van der Waals surface area contributed by atoms with E-state index in [2.05, 4.69) is 6.07 Å². The lowest BCUT2D eigenvalue weighted by Gasteiger charge is -2.35. The van der Waals surface area contributed by atoms with Crippen LogP contribution in [0.4, 0.5) is 0 Å². The smallest absolute Gasteiger partial charge is 0.137 e. The molecule has 4 heteroatoms. The SMILES string of the molecule is COc1ccc(C2(C#N)COC2)cc1Cl. The second-order valence-electron chi connectivity index (χ2n) is 3.54. The fraction of sp³-hybridized carbons (Fsp3) is 0.364. The van der Waals surface area contributed by atoms with E-state index in [0.717, 1.165) is 5.56 Å². The molecule has 0 radical (unpaired) electrons. The van der Waals surface area contributed by atoms with Gasteiger partial charge in [0.15, 0.2) is 0 Å². The summed E-state index contributed by atoms with van der Waals surface area (Å²) in [4.78, 5) is 0. The molecule has 1 aromatic carbocycles. The van der Waals surface area contributed by atoms with E-state index in [4.69, 9.17) is 26.3 Å². The first-order valence-corrected chi connectivity index (χ1v) is 4.93. The molecule has 1 aromatic rings. The Morgan fingerprint density at radius 3 is 2.67 bits per heavy atom. The molecule has 0 aromatic heterocycles. The first-order chi connectivity index (χ1) is 7.22. The molecule has 1 fully saturated rings. The molecule has 0 spiro atoms. The number of hydrogen-bond donors (Lipinski definition) is 0. The van der Waals surface area contributed by atoms with Gasteiger partial charge < -0.3 is 9.47 Å². The van der Waals surface area contributed by atoms with Crippen LogP contribution in [0.1, 0.15) is 5.56 Å². The quantitative estimate of drug-likeness (QED) is 0.772. The fourth-order valence-corrected chi connectivity index (χ4v) is 1.82. The number of benzene rings is 1. The van der Waals surface area contributed by atoms with Crippen LogP contribution in [0.5, 0.6) is 5.75 Å². The number of methoxy groups -OCH3 is 1. The van der Waals surface area contributed by atoms with E-state index < -0.39 is 5.41 Å². The fourth-order valence-electron chi connectivity index (χ4n) is 1.57. The summed E-state index contributed by atoms with van der Waals surface area (Å²) in [5, 5.41) is 9.63. The Hall–Kier alpha value is -1.24. The predicted octanol–water partition coefficient (Wildman–Crippen LogP) is 2.14. The number of hydrogen-bond acceptors (Lipinski definition) is 3. The predicted molar refractivity (Wildman–Crippen MR) is 56.1 cm³/mol. The Bertz CT molecular complexity index is 421. The zero-order valence-electron chi connectivity index (χ0n) is 8.29. The summed E-state index contributed by atoms with van der Waals surface area (Å²) < 4.78 is 10.1. The van der Waals surface area contributed by atoms with Crippen LogP contribution in [0.25, 0.3) is 0 Å². The molecule has 15 heavy (non-hydrogen) atoms. The Labute approximate surface area is 93.2 Å². The van der Waals surface area contributed by atoms with E-state index in [0.29, 0.717) is 24.0 Å². The highest BCUT2D eigenvalue weighted by atomic mass is 35.5. The van der Waals surface area contributed by atoms with Crippen molar-refractivity contribution in [2.45, 2.75) is 5.41 Å². The minimum absolute atomic E-state index is 0.437. The maximum atomic E-state index is 9.10. The van der Waals surface area contributed by atoms with Crippen molar-refractivity contribution in [1.82, 2.24) is 0 Å². The minimum Gasteiger partial charge on any atom is -0.495 e. The lowest BCUT2D eigenvalue weighted by atomic mass is 9.80. The maximum Gasteiger partial charge on any atom is 0.137 e. The highest BCUT2D eigenvalue weighted by molar-refractivity contribution is 6.32. The van der Waals surface area contributed by atoms with Crippen LogP contribution in [0, 0.1) is 11.3 Å². The number of halogens is 1. The highest BCUT2D eigenvalue weighted by Crippen LogP contribution is 2.35. The van der Waals surface area contributed by atoms with E-state index in [-0.39, 0.29) is 0 Å². The zero-order valence-corrected chi connectivity index (χ0v) is 9.04. The average molecular weight is 224 g/mol. The highest BCUT2D eigenvalue weighted by Gasteiger charge is 2.41. The van der Waals surface area contributed by atoms with Crippen LogP contribution in [0.2, 0.25) is 5.02 Å². The standard InChI is InChI=1S/C11H10ClNO2/c1-14-10-3-2-8(4-9(10)12)11(5-13)6-15-7-11/h2-4H,6-7H2,1H3. The van der Waals surface area contributed by atoms with Gasteiger partial charge in [0.05, 0.1) is 31.4 Å². The van der Waals surface area contributed by atoms with Crippen molar-refractivity contribution in [3.05, 3.63) is 28.8 Å². The van der Waals surface area contributed by atoms with Gasteiger partial charge in [0.2, 0.25) is 0 Å². The van der Waals surface area contributed by atoms with Gasteiger partial charge in [0, 0.05) is 0 Å². The van der Waals surface area contributed by atoms with Crippen molar-refractivity contribution in [3.63, 3.8) is 0 Å². The molecule has 0 saturated carbocycles. The molecule has 0 bridgehead atoms. The Morgan fingerprint density at radius 1 is 1.53 bits per heavy atom. The summed E-state index contributed by atoms with van der Waals surface area (Å²) in [5.41, 5.74) is 0.373. The van der Waals surface area contributed by atoms with E-state index in [9.17, 15) is 0 Å². The molecule has 0 amide bonds. The second kappa shape index (κ2) is 3.73. The van der Waals surface area contributed by atoms with Crippen LogP contribution in [-0.4, -0.2) is 20.3 Å². The van der Waals surface area contributed by atoms with Crippen molar-refractivity contribution < 1.29 is 9.47 Å². The third kappa shape index (κ3) is 1.56. The number of ether oxygens (including phenoxy) is 2. The minimum atomic E-state index is -0.518. The third-order valence-corrected chi connectivity index (χ3v) is 2.91. The van der Waals surface area contributed by atoms with Crippen LogP contribution in [-0.2, 0) is 10.2 Å². The Kier molecular flexibility index (Phi) is 2.56. The maximum absolute atomic E-state index is 9.10. The Balaban J connectivity index is 2.38. The summed E-state index contributed by atoms with van der Waals surface area (Å²) in [6.07, 6.45) is 0. The molecule has 1 heterocycles. The van der Waals surface area contributed by atoms with Crippen molar-refractivity contribution in [2.24, 2.45) is 0 Å². The molecule has 78 valence electrons. The van der Waals surface area contributed by atoms with Gasteiger partial charge >= 0.3 is 0 Å². The van der Waals surface area contributed by atoms with E-state index >= 15 is 0 Å². The third-order valence-electron chi connectivity index (χ3n) is 2.62. The number of nitrogens with zero attached hydrogens (tertiary/aromatic N) is 1. The summed E-state index contributed by atoms with van der Waals surface area (Å²) in [6, 6.07) is 7.67. The first kappa shape index (κ1) is 10.3. The molecular formula is C11H10ClNO2. The zero-order chi connectivity index (χ0) is 10.9. The lowest BCUT2D eigenvalue weighted by molar-refractivity contribution is -0.0298. The van der Waals surface area contributed by atoms with Crippen molar-refractivity contribution in [3.8, 4) is 11.8 Å². The van der Waals surface area contributed by atoms with Crippen LogP contribution in [0.3, 0.4) is 0 Å². The molecule has 1 aliphatic heterocycles. The van der Waals surface area contributed by atoms with Gasteiger partial charge in [-0.25, -0.2) is 0 Å². The summed E-state index contributed by atoms with van der Waals surface area (Å²) in [6.45, 7) is 0.873. The van der Waals surface area contributed by atoms with Crippen LogP contribution in [0.15, 0.2) is 18.2 Å². The van der Waals surface area contributed by atoms with Gasteiger partial charge in [0.25, 0.3) is 0 Å². The molecule has 1 aliphatic rings. The molecule has 0 N–H and O–H groups in total. The molecule has 0 atom stereocenters. The molecule has 0 aliphatic carbocycles. The Morgan fingerprint density at radius 2 is 2.27 bits per heavy atom. The summed E-state index contributed by atoms with van der Waals surface area (Å²) >= 11 is 6.00. The van der Waals surface area contributed by atoms with Gasteiger partial charge in [-0.3, -0.25) is 0 Å². The summed E-state index contributed by atoms with van der Waals surface area (Å²) in [5.74, 6) is 0.619. The number of nitriles is 1. The van der Waals surface area contributed by atoms with Crippen molar-refractivity contribution >= 4 is 11.6 Å². The van der Waals surface area contributed by atoms with E-state index in [1.165, 1.54) is 0 Å². The largest absolute Gasteiger partial charge is 0.495 e. The summed E-state index contributed by atoms with van der Waals surface area (Å²) in [7, 11) is 1.56. The van der Waals surface area contributed by atoms with Crippen LogP contribution >= 0.6 is 11.6 Å².